The van der Waals surface area contributed by atoms with Gasteiger partial charge in [-0.3, -0.25) is 9.59 Å². The van der Waals surface area contributed by atoms with Crippen LogP contribution in [-0.2, 0) is 14.4 Å². The molecule has 2 aromatic rings. The summed E-state index contributed by atoms with van der Waals surface area (Å²) in [7, 11) is -4.43. The van der Waals surface area contributed by atoms with Crippen LogP contribution >= 0.6 is 0 Å². The van der Waals surface area contributed by atoms with Gasteiger partial charge in [0.05, 0.1) is 17.3 Å². The van der Waals surface area contributed by atoms with E-state index < -0.39 is 27.0 Å². The molecule has 8 nitrogen and oxygen atoms in total. The Morgan fingerprint density at radius 2 is 1.70 bits per heavy atom. The second-order valence-electron chi connectivity index (χ2n) is 3.80. The summed E-state index contributed by atoms with van der Waals surface area (Å²) in [5.41, 5.74) is 0.149. The summed E-state index contributed by atoms with van der Waals surface area (Å²) < 4.78 is 32.7. The largest absolute Gasteiger partial charge is 0.430 e. The molecule has 0 spiro atoms. The van der Waals surface area contributed by atoms with Crippen LogP contribution in [0.5, 0.6) is 0 Å². The maximum absolute atomic E-state index is 11.9. The van der Waals surface area contributed by atoms with Gasteiger partial charge in [-0.1, -0.05) is 12.1 Å². The third kappa shape index (κ3) is 1.80. The summed E-state index contributed by atoms with van der Waals surface area (Å²) in [6.45, 7) is 0. The van der Waals surface area contributed by atoms with Gasteiger partial charge < -0.3 is 4.42 Å². The third-order valence-electron chi connectivity index (χ3n) is 2.59. The fraction of sp³-hybridized carbons (Fsp3) is 0. The van der Waals surface area contributed by atoms with Gasteiger partial charge in [0.1, 0.15) is 0 Å². The molecule has 2 amide bonds. The number of carbonyl (C=O) groups is 2. The van der Waals surface area contributed by atoms with E-state index in [1.165, 1.54) is 12.1 Å². The number of fused-ring (bicyclic) bond motifs is 1. The van der Waals surface area contributed by atoms with E-state index in [0.717, 1.165) is 12.6 Å². The van der Waals surface area contributed by atoms with Crippen molar-refractivity contribution < 1.29 is 26.7 Å². The van der Waals surface area contributed by atoms with Gasteiger partial charge in [0.15, 0.2) is 6.39 Å². The normalized spacial score (nSPS) is 14.7. The van der Waals surface area contributed by atoms with Crippen molar-refractivity contribution in [1.29, 1.82) is 0 Å². The lowest BCUT2D eigenvalue weighted by Gasteiger charge is -2.10. The Hall–Kier alpha value is -2.52. The van der Waals surface area contributed by atoms with Gasteiger partial charge in [-0.25, -0.2) is 4.98 Å². The predicted molar refractivity (Wildman–Crippen MR) is 61.7 cm³/mol. The lowest BCUT2D eigenvalue weighted by Crippen LogP contribution is -2.32. The third-order valence-corrected chi connectivity index (χ3v) is 3.63. The first-order valence-electron chi connectivity index (χ1n) is 5.31. The van der Waals surface area contributed by atoms with Crippen LogP contribution in [0, 0.1) is 0 Å². The Kier molecular flexibility index (Phi) is 2.66. The number of hydrogen-bond donors (Lipinski definition) is 0. The van der Waals surface area contributed by atoms with Crippen LogP contribution in [0.25, 0.3) is 0 Å². The molecule has 1 aromatic carbocycles. The summed E-state index contributed by atoms with van der Waals surface area (Å²) in [6.07, 6.45) is 1.78. The van der Waals surface area contributed by atoms with Crippen molar-refractivity contribution in [2.24, 2.45) is 0 Å². The summed E-state index contributed by atoms with van der Waals surface area (Å²) >= 11 is 0. The van der Waals surface area contributed by atoms with Gasteiger partial charge in [0, 0.05) is 0 Å². The van der Waals surface area contributed by atoms with Crippen LogP contribution in [0.4, 0.5) is 0 Å². The average molecular weight is 294 g/mol. The van der Waals surface area contributed by atoms with Crippen LogP contribution < -0.4 is 0 Å². The molecule has 0 saturated heterocycles. The molecule has 1 aromatic heterocycles. The number of hydroxylamine groups is 2. The van der Waals surface area contributed by atoms with Gasteiger partial charge in [0.2, 0.25) is 0 Å². The van der Waals surface area contributed by atoms with Gasteiger partial charge in [-0.05, 0) is 12.1 Å². The van der Waals surface area contributed by atoms with Crippen LogP contribution in [-0.4, -0.2) is 30.3 Å². The van der Waals surface area contributed by atoms with E-state index in [4.69, 9.17) is 0 Å². The van der Waals surface area contributed by atoms with Crippen molar-refractivity contribution in [1.82, 2.24) is 10.0 Å². The Balaban J connectivity index is 1.95. The molecule has 1 aliphatic heterocycles. The maximum Gasteiger partial charge on any atom is 0.353 e. The Morgan fingerprint density at radius 3 is 2.20 bits per heavy atom. The van der Waals surface area contributed by atoms with Crippen LogP contribution in [0.2, 0.25) is 0 Å². The summed E-state index contributed by atoms with van der Waals surface area (Å²) in [4.78, 5) is 27.3. The number of oxazole rings is 1. The van der Waals surface area contributed by atoms with E-state index in [9.17, 15) is 18.0 Å². The highest BCUT2D eigenvalue weighted by Gasteiger charge is 2.40. The lowest BCUT2D eigenvalue weighted by atomic mass is 10.1. The molecule has 2 heterocycles. The van der Waals surface area contributed by atoms with Crippen molar-refractivity contribution in [2.45, 2.75) is 5.09 Å². The molecule has 0 aliphatic carbocycles. The standard InChI is InChI=1S/C11H6N2O6S/c14-10-7-3-1-2-4-8(7)11(15)13(10)19-20(16,17)9-5-12-6-18-9/h1-6H. The van der Waals surface area contributed by atoms with Gasteiger partial charge in [-0.2, -0.15) is 8.42 Å². The summed E-state index contributed by atoms with van der Waals surface area (Å²) in [5, 5.41) is -0.420. The van der Waals surface area contributed by atoms with Gasteiger partial charge >= 0.3 is 10.1 Å². The van der Waals surface area contributed by atoms with Crippen molar-refractivity contribution in [2.75, 3.05) is 0 Å². The number of carbonyl (C=O) groups excluding carboxylic acids is 2. The number of nitrogens with zero attached hydrogens (tertiary/aromatic N) is 2. The number of hydrogen-bond acceptors (Lipinski definition) is 7. The number of aromatic nitrogens is 1. The maximum atomic E-state index is 11.9. The van der Waals surface area contributed by atoms with Gasteiger partial charge in [-0.15, -0.1) is 9.35 Å². The Labute approximate surface area is 112 Å². The summed E-state index contributed by atoms with van der Waals surface area (Å²) in [5.74, 6) is -1.71. The molecule has 9 heteroatoms. The molecule has 0 saturated carbocycles. The summed E-state index contributed by atoms with van der Waals surface area (Å²) in [6, 6.07) is 5.91. The van der Waals surface area contributed by atoms with Crippen molar-refractivity contribution in [3.63, 3.8) is 0 Å². The number of imide groups is 1. The zero-order valence-corrected chi connectivity index (χ0v) is 10.5. The molecular weight excluding hydrogens is 288 g/mol. The molecule has 0 bridgehead atoms. The number of rotatable bonds is 3. The highest BCUT2D eigenvalue weighted by atomic mass is 32.2. The lowest BCUT2D eigenvalue weighted by molar-refractivity contribution is -0.0113. The molecule has 0 atom stereocenters. The minimum Gasteiger partial charge on any atom is -0.430 e. The van der Waals surface area contributed by atoms with E-state index in [0.29, 0.717) is 0 Å². The fourth-order valence-electron chi connectivity index (χ4n) is 1.70. The minimum absolute atomic E-state index is 0.0743. The topological polar surface area (TPSA) is 107 Å². The van der Waals surface area contributed by atoms with E-state index >= 15 is 0 Å². The first-order chi connectivity index (χ1) is 9.50. The van der Waals surface area contributed by atoms with E-state index in [-0.39, 0.29) is 16.2 Å². The highest BCUT2D eigenvalue weighted by Crippen LogP contribution is 2.25. The average Bonchev–Trinajstić information content (AvgIpc) is 3.04. The molecule has 3 rings (SSSR count). The second-order valence-corrected chi connectivity index (χ2v) is 5.26. The smallest absolute Gasteiger partial charge is 0.353 e. The first-order valence-corrected chi connectivity index (χ1v) is 6.72. The Bertz CT molecular complexity index is 761. The SMILES string of the molecule is O=C1c2ccccc2C(=O)N1OS(=O)(=O)c1cnco1. The number of amides is 2. The van der Waals surface area contributed by atoms with Crippen LogP contribution in [0.15, 0.2) is 46.4 Å². The first kappa shape index (κ1) is 12.5. The molecule has 102 valence electrons. The zero-order chi connectivity index (χ0) is 14.3. The highest BCUT2D eigenvalue weighted by molar-refractivity contribution is 7.86. The quantitative estimate of drug-likeness (QED) is 0.762. The Morgan fingerprint density at radius 1 is 1.10 bits per heavy atom. The molecule has 0 radical (unpaired) electrons. The van der Waals surface area contributed by atoms with E-state index in [1.54, 1.807) is 12.1 Å². The minimum atomic E-state index is -4.43. The van der Waals surface area contributed by atoms with E-state index in [1.807, 2.05) is 0 Å². The molecule has 20 heavy (non-hydrogen) atoms. The van der Waals surface area contributed by atoms with Gasteiger partial charge in [0.25, 0.3) is 16.9 Å². The number of benzene rings is 1. The molecule has 0 unspecified atom stereocenters. The van der Waals surface area contributed by atoms with Crippen LogP contribution in [0.1, 0.15) is 20.7 Å². The second kappa shape index (κ2) is 4.25. The molecule has 1 aliphatic rings. The van der Waals surface area contributed by atoms with Crippen molar-refractivity contribution >= 4 is 21.9 Å². The molecule has 0 fully saturated rings. The molecular formula is C11H6N2O6S. The predicted octanol–water partition coefficient (Wildman–Crippen LogP) is 0.591. The monoisotopic (exact) mass is 294 g/mol. The van der Waals surface area contributed by atoms with E-state index in [2.05, 4.69) is 13.7 Å². The van der Waals surface area contributed by atoms with Crippen molar-refractivity contribution in [3.05, 3.63) is 48.0 Å². The van der Waals surface area contributed by atoms with Crippen LogP contribution in [0.3, 0.4) is 0 Å². The zero-order valence-electron chi connectivity index (χ0n) is 9.72. The fourth-order valence-corrected chi connectivity index (χ4v) is 2.45. The molecule has 0 N–H and O–H groups in total. The van der Waals surface area contributed by atoms with Crippen molar-refractivity contribution in [3.8, 4) is 0 Å².